The van der Waals surface area contributed by atoms with E-state index in [1.165, 1.54) is 6.20 Å². The van der Waals surface area contributed by atoms with Gasteiger partial charge in [-0.05, 0) is 20.8 Å². The summed E-state index contributed by atoms with van der Waals surface area (Å²) in [7, 11) is 1.60. The minimum absolute atomic E-state index is 0.225. The van der Waals surface area contributed by atoms with Crippen LogP contribution in [0.4, 0.5) is 0 Å². The topological polar surface area (TPSA) is 64.3 Å². The van der Waals surface area contributed by atoms with Crippen LogP contribution in [-0.4, -0.2) is 34.6 Å². The number of ether oxygens (including phenoxy) is 1. The number of hydrogen-bond donors (Lipinski definition) is 1. The van der Waals surface area contributed by atoms with E-state index in [4.69, 9.17) is 9.84 Å². The lowest BCUT2D eigenvalue weighted by Gasteiger charge is -2.22. The van der Waals surface area contributed by atoms with Gasteiger partial charge in [-0.1, -0.05) is 0 Å². The number of hydrogen-bond acceptors (Lipinski definition) is 3. The van der Waals surface area contributed by atoms with Crippen LogP contribution >= 0.6 is 0 Å². The average molecular weight is 226 g/mol. The second-order valence-electron chi connectivity index (χ2n) is 4.64. The highest BCUT2D eigenvalue weighted by molar-refractivity contribution is 5.88. The van der Waals surface area contributed by atoms with Crippen LogP contribution in [0.3, 0.4) is 0 Å². The maximum Gasteiger partial charge on any atom is 0.339 e. The van der Waals surface area contributed by atoms with Crippen LogP contribution in [0.1, 0.15) is 36.8 Å². The summed E-state index contributed by atoms with van der Waals surface area (Å²) in [6.45, 7) is 6.45. The third kappa shape index (κ3) is 2.61. The molecule has 16 heavy (non-hydrogen) atoms. The molecule has 0 aliphatic rings. The first-order valence-electron chi connectivity index (χ1n) is 5.17. The molecule has 0 aliphatic heterocycles. The summed E-state index contributed by atoms with van der Waals surface area (Å²) >= 11 is 0. The van der Waals surface area contributed by atoms with Crippen LogP contribution in [0.15, 0.2) is 6.20 Å². The molecule has 0 saturated carbocycles. The van der Waals surface area contributed by atoms with Crippen molar-refractivity contribution in [2.24, 2.45) is 0 Å². The first kappa shape index (κ1) is 12.7. The number of methoxy groups -OCH3 is 1. The van der Waals surface area contributed by atoms with Crippen LogP contribution < -0.4 is 0 Å². The lowest BCUT2D eigenvalue weighted by Crippen LogP contribution is -2.26. The molecule has 5 nitrogen and oxygen atoms in total. The second-order valence-corrected chi connectivity index (χ2v) is 4.64. The van der Waals surface area contributed by atoms with Crippen molar-refractivity contribution in [3.05, 3.63) is 17.5 Å². The van der Waals surface area contributed by atoms with E-state index in [1.54, 1.807) is 11.8 Å². The molecule has 0 bridgehead atoms. The van der Waals surface area contributed by atoms with Crippen molar-refractivity contribution in [2.75, 3.05) is 13.7 Å². The summed E-state index contributed by atoms with van der Waals surface area (Å²) in [5.74, 6) is -0.943. The fraction of sp³-hybridized carbons (Fsp3) is 0.636. The molecule has 0 fully saturated rings. The van der Waals surface area contributed by atoms with E-state index in [9.17, 15) is 4.79 Å². The highest BCUT2D eigenvalue weighted by Gasteiger charge is 2.23. The highest BCUT2D eigenvalue weighted by Crippen LogP contribution is 2.19. The van der Waals surface area contributed by atoms with Gasteiger partial charge in [0.15, 0.2) is 0 Å². The minimum atomic E-state index is -0.943. The number of rotatable bonds is 4. The first-order chi connectivity index (χ1) is 7.38. The van der Waals surface area contributed by atoms with E-state index in [0.717, 1.165) is 0 Å². The molecule has 0 unspecified atom stereocenters. The molecule has 1 aromatic rings. The van der Waals surface area contributed by atoms with E-state index < -0.39 is 5.97 Å². The molecule has 0 radical (unpaired) electrons. The Kier molecular flexibility index (Phi) is 3.70. The van der Waals surface area contributed by atoms with Gasteiger partial charge in [-0.25, -0.2) is 4.79 Å². The number of nitrogens with zero attached hydrogens (tertiary/aromatic N) is 2. The van der Waals surface area contributed by atoms with E-state index in [1.807, 2.05) is 20.8 Å². The van der Waals surface area contributed by atoms with Gasteiger partial charge in [0.05, 0.1) is 24.0 Å². The predicted molar refractivity (Wildman–Crippen MR) is 59.8 cm³/mol. The molecule has 90 valence electrons. The normalized spacial score (nSPS) is 11.8. The Morgan fingerprint density at radius 2 is 2.19 bits per heavy atom. The Morgan fingerprint density at radius 3 is 2.62 bits per heavy atom. The third-order valence-corrected chi connectivity index (χ3v) is 2.28. The molecule has 1 heterocycles. The number of carboxylic acids is 1. The van der Waals surface area contributed by atoms with E-state index in [2.05, 4.69) is 5.10 Å². The fourth-order valence-corrected chi connectivity index (χ4v) is 1.57. The van der Waals surface area contributed by atoms with Gasteiger partial charge in [0.1, 0.15) is 5.56 Å². The minimum Gasteiger partial charge on any atom is -0.478 e. The molecule has 1 aromatic heterocycles. The lowest BCUT2D eigenvalue weighted by molar-refractivity contribution is 0.0694. The summed E-state index contributed by atoms with van der Waals surface area (Å²) in [5.41, 5.74) is 0.741. The summed E-state index contributed by atoms with van der Waals surface area (Å²) in [5, 5.41) is 13.2. The molecule has 0 amide bonds. The van der Waals surface area contributed by atoms with Gasteiger partial charge < -0.3 is 9.84 Å². The van der Waals surface area contributed by atoms with E-state index in [-0.39, 0.29) is 11.1 Å². The molecular weight excluding hydrogens is 208 g/mol. The second kappa shape index (κ2) is 4.65. The van der Waals surface area contributed by atoms with Gasteiger partial charge in [0.2, 0.25) is 0 Å². The zero-order valence-corrected chi connectivity index (χ0v) is 10.1. The number of carboxylic acid groups (broad SMARTS) is 1. The first-order valence-corrected chi connectivity index (χ1v) is 5.17. The molecule has 1 rings (SSSR count). The van der Waals surface area contributed by atoms with Gasteiger partial charge >= 0.3 is 5.97 Å². The van der Waals surface area contributed by atoms with Crippen molar-refractivity contribution in [3.63, 3.8) is 0 Å². The molecule has 5 heteroatoms. The van der Waals surface area contributed by atoms with Crippen molar-refractivity contribution in [2.45, 2.75) is 32.7 Å². The van der Waals surface area contributed by atoms with Crippen LogP contribution in [0.25, 0.3) is 0 Å². The van der Waals surface area contributed by atoms with Crippen molar-refractivity contribution in [1.82, 2.24) is 9.78 Å². The lowest BCUT2D eigenvalue weighted by atomic mass is 10.1. The van der Waals surface area contributed by atoms with Crippen LogP contribution in [0.2, 0.25) is 0 Å². The molecule has 0 atom stereocenters. The Bertz CT molecular complexity index is 377. The quantitative estimate of drug-likeness (QED) is 0.845. The number of aromatic nitrogens is 2. The summed E-state index contributed by atoms with van der Waals surface area (Å²) in [6, 6.07) is 0. The Morgan fingerprint density at radius 1 is 1.56 bits per heavy atom. The molecule has 1 N–H and O–H groups in total. The van der Waals surface area contributed by atoms with Crippen molar-refractivity contribution >= 4 is 5.97 Å². The number of aromatic carboxylic acids is 1. The smallest absolute Gasteiger partial charge is 0.339 e. The van der Waals surface area contributed by atoms with Crippen molar-refractivity contribution in [3.8, 4) is 0 Å². The van der Waals surface area contributed by atoms with E-state index >= 15 is 0 Å². The fourth-order valence-electron chi connectivity index (χ4n) is 1.57. The zero-order valence-electron chi connectivity index (χ0n) is 10.1. The highest BCUT2D eigenvalue weighted by atomic mass is 16.5. The molecule has 0 aliphatic carbocycles. The van der Waals surface area contributed by atoms with Crippen LogP contribution in [-0.2, 0) is 16.7 Å². The van der Waals surface area contributed by atoms with Crippen molar-refractivity contribution < 1.29 is 14.6 Å². The molecule has 0 aromatic carbocycles. The van der Waals surface area contributed by atoms with Crippen LogP contribution in [0.5, 0.6) is 0 Å². The van der Waals surface area contributed by atoms with Gasteiger partial charge in [-0.15, -0.1) is 0 Å². The zero-order chi connectivity index (χ0) is 12.3. The maximum absolute atomic E-state index is 11.0. The SMILES string of the molecule is COCCc1c(C(=O)O)cnn1C(C)(C)C. The Hall–Kier alpha value is -1.36. The summed E-state index contributed by atoms with van der Waals surface area (Å²) < 4.78 is 6.73. The van der Waals surface area contributed by atoms with E-state index in [0.29, 0.717) is 18.7 Å². The molecule has 0 saturated heterocycles. The third-order valence-electron chi connectivity index (χ3n) is 2.28. The standard InChI is InChI=1S/C11H18N2O3/c1-11(2,3)13-9(5-6-16-4)8(7-12-13)10(14)15/h7H,5-6H2,1-4H3,(H,14,15). The Labute approximate surface area is 95.0 Å². The van der Waals surface area contributed by atoms with Gasteiger partial charge in [-0.2, -0.15) is 5.10 Å². The predicted octanol–water partition coefficient (Wildman–Crippen LogP) is 1.53. The van der Waals surface area contributed by atoms with Crippen LogP contribution in [0, 0.1) is 0 Å². The largest absolute Gasteiger partial charge is 0.478 e. The molecule has 0 spiro atoms. The van der Waals surface area contributed by atoms with Gasteiger partial charge in [0.25, 0.3) is 0 Å². The molecular formula is C11H18N2O3. The van der Waals surface area contributed by atoms with Gasteiger partial charge in [0, 0.05) is 13.5 Å². The van der Waals surface area contributed by atoms with Gasteiger partial charge in [-0.3, -0.25) is 4.68 Å². The number of carbonyl (C=O) groups is 1. The monoisotopic (exact) mass is 226 g/mol. The van der Waals surface area contributed by atoms with Crippen molar-refractivity contribution in [1.29, 1.82) is 0 Å². The summed E-state index contributed by atoms with van der Waals surface area (Å²) in [4.78, 5) is 11.0. The average Bonchev–Trinajstić information content (AvgIpc) is 2.57. The Balaban J connectivity index is 3.14. The maximum atomic E-state index is 11.0. The summed E-state index contributed by atoms with van der Waals surface area (Å²) in [6.07, 6.45) is 1.95.